The molecule has 0 aliphatic rings. The number of aromatic nitrogens is 8. The number of hydrogen-bond acceptors (Lipinski definition) is 5. The smallest absolute Gasteiger partial charge is 0.135 e. The maximum Gasteiger partial charge on any atom is 0.135 e. The SMILES string of the molecule is Cc1ncc(-c2ccc3[nH]nc(-c4cc5c(-c6ccccn6)cncc5[nH]4)c3n2)n1C. The first kappa shape index (κ1) is 17.5. The number of aryl methyl sites for hydroxylation is 1. The highest BCUT2D eigenvalue weighted by atomic mass is 15.1. The van der Waals surface area contributed by atoms with Crippen molar-refractivity contribution in [3.63, 3.8) is 0 Å². The average Bonchev–Trinajstić information content (AvgIpc) is 3.50. The Morgan fingerprint density at radius 3 is 2.68 bits per heavy atom. The predicted molar refractivity (Wildman–Crippen MR) is 119 cm³/mol. The average molecular weight is 406 g/mol. The van der Waals surface area contributed by atoms with E-state index in [1.54, 1.807) is 6.20 Å². The fourth-order valence-electron chi connectivity index (χ4n) is 3.87. The number of nitrogens with one attached hydrogen (secondary N) is 2. The van der Waals surface area contributed by atoms with Gasteiger partial charge in [0.05, 0.1) is 46.2 Å². The van der Waals surface area contributed by atoms with Gasteiger partial charge in [-0.25, -0.2) is 9.97 Å². The lowest BCUT2D eigenvalue weighted by molar-refractivity contribution is 0.862. The van der Waals surface area contributed by atoms with Crippen LogP contribution in [-0.2, 0) is 7.05 Å². The van der Waals surface area contributed by atoms with Crippen LogP contribution in [0.3, 0.4) is 0 Å². The minimum absolute atomic E-state index is 0.763. The predicted octanol–water partition coefficient (Wildman–Crippen LogP) is 4.27. The Kier molecular flexibility index (Phi) is 3.73. The number of rotatable bonds is 3. The largest absolute Gasteiger partial charge is 0.352 e. The van der Waals surface area contributed by atoms with Gasteiger partial charge in [0, 0.05) is 30.4 Å². The summed E-state index contributed by atoms with van der Waals surface area (Å²) in [6.07, 6.45) is 7.29. The van der Waals surface area contributed by atoms with E-state index in [0.29, 0.717) is 0 Å². The molecule has 8 nitrogen and oxygen atoms in total. The fourth-order valence-corrected chi connectivity index (χ4v) is 3.87. The van der Waals surface area contributed by atoms with Gasteiger partial charge in [-0.1, -0.05) is 6.07 Å². The molecular formula is C23H18N8. The molecule has 0 unspecified atom stereocenters. The molecule has 8 heteroatoms. The van der Waals surface area contributed by atoms with E-state index in [1.165, 1.54) is 0 Å². The summed E-state index contributed by atoms with van der Waals surface area (Å²) in [5.41, 5.74) is 7.90. The van der Waals surface area contributed by atoms with E-state index in [-0.39, 0.29) is 0 Å². The first-order valence-electron chi connectivity index (χ1n) is 9.91. The van der Waals surface area contributed by atoms with Crippen LogP contribution in [0.1, 0.15) is 5.82 Å². The van der Waals surface area contributed by atoms with Crippen LogP contribution in [0.4, 0.5) is 0 Å². The second-order valence-electron chi connectivity index (χ2n) is 7.46. The maximum atomic E-state index is 4.90. The molecule has 0 saturated carbocycles. The first-order chi connectivity index (χ1) is 15.2. The lowest BCUT2D eigenvalue weighted by atomic mass is 10.1. The number of hydrogen-bond donors (Lipinski definition) is 2. The summed E-state index contributed by atoms with van der Waals surface area (Å²) >= 11 is 0. The van der Waals surface area contributed by atoms with E-state index in [1.807, 2.05) is 67.5 Å². The summed E-state index contributed by atoms with van der Waals surface area (Å²) in [6, 6.07) is 11.9. The third-order valence-corrected chi connectivity index (χ3v) is 5.63. The zero-order chi connectivity index (χ0) is 20.9. The molecule has 6 aromatic rings. The van der Waals surface area contributed by atoms with Gasteiger partial charge in [0.2, 0.25) is 0 Å². The Morgan fingerprint density at radius 2 is 1.87 bits per heavy atom. The summed E-state index contributed by atoms with van der Waals surface area (Å²) < 4.78 is 2.03. The summed E-state index contributed by atoms with van der Waals surface area (Å²) in [7, 11) is 1.99. The topological polar surface area (TPSA) is 101 Å². The normalized spacial score (nSPS) is 11.5. The third-order valence-electron chi connectivity index (χ3n) is 5.63. The van der Waals surface area contributed by atoms with Gasteiger partial charge in [0.1, 0.15) is 17.0 Å². The molecule has 6 aromatic heterocycles. The van der Waals surface area contributed by atoms with E-state index in [9.17, 15) is 0 Å². The van der Waals surface area contributed by atoms with E-state index < -0.39 is 0 Å². The van der Waals surface area contributed by atoms with Gasteiger partial charge in [-0.15, -0.1) is 0 Å². The molecule has 0 radical (unpaired) electrons. The molecule has 0 aliphatic heterocycles. The van der Waals surface area contributed by atoms with Crippen molar-refractivity contribution in [2.24, 2.45) is 7.05 Å². The molecule has 0 aliphatic carbocycles. The van der Waals surface area contributed by atoms with Crippen molar-refractivity contribution in [1.29, 1.82) is 0 Å². The Bertz CT molecular complexity index is 1560. The molecule has 150 valence electrons. The Morgan fingerprint density at radius 1 is 0.935 bits per heavy atom. The summed E-state index contributed by atoms with van der Waals surface area (Å²) in [5, 5.41) is 8.68. The van der Waals surface area contributed by atoms with Crippen molar-refractivity contribution in [1.82, 2.24) is 39.7 Å². The second-order valence-corrected chi connectivity index (χ2v) is 7.46. The van der Waals surface area contributed by atoms with E-state index in [0.717, 1.165) is 61.8 Å². The molecular weight excluding hydrogens is 388 g/mol. The van der Waals surface area contributed by atoms with Crippen molar-refractivity contribution in [3.05, 3.63) is 67.0 Å². The van der Waals surface area contributed by atoms with Crippen LogP contribution in [0.5, 0.6) is 0 Å². The van der Waals surface area contributed by atoms with Gasteiger partial charge in [0.25, 0.3) is 0 Å². The molecule has 0 fully saturated rings. The van der Waals surface area contributed by atoms with Gasteiger partial charge < -0.3 is 9.55 Å². The molecule has 0 bridgehead atoms. The van der Waals surface area contributed by atoms with Crippen LogP contribution in [0.15, 0.2) is 61.2 Å². The second kappa shape index (κ2) is 6.60. The fraction of sp³-hybridized carbons (Fsp3) is 0.0870. The number of H-pyrrole nitrogens is 2. The van der Waals surface area contributed by atoms with Gasteiger partial charge in [-0.05, 0) is 37.3 Å². The lowest BCUT2D eigenvalue weighted by Gasteiger charge is -2.03. The lowest BCUT2D eigenvalue weighted by Crippen LogP contribution is -1.96. The van der Waals surface area contributed by atoms with Crippen molar-refractivity contribution < 1.29 is 0 Å². The van der Waals surface area contributed by atoms with Gasteiger partial charge in [-0.2, -0.15) is 5.10 Å². The molecule has 0 atom stereocenters. The van der Waals surface area contributed by atoms with Crippen LogP contribution in [0.25, 0.3) is 56.0 Å². The quantitative estimate of drug-likeness (QED) is 0.457. The zero-order valence-electron chi connectivity index (χ0n) is 17.0. The van der Waals surface area contributed by atoms with Gasteiger partial charge in [0.15, 0.2) is 0 Å². The van der Waals surface area contributed by atoms with Crippen LogP contribution < -0.4 is 0 Å². The van der Waals surface area contributed by atoms with Crippen molar-refractivity contribution in [3.8, 4) is 34.0 Å². The highest BCUT2D eigenvalue weighted by Gasteiger charge is 2.16. The molecule has 0 amide bonds. The Balaban J connectivity index is 1.52. The van der Waals surface area contributed by atoms with Crippen molar-refractivity contribution >= 4 is 21.9 Å². The minimum atomic E-state index is 0.763. The van der Waals surface area contributed by atoms with Crippen LogP contribution in [0.2, 0.25) is 0 Å². The highest BCUT2D eigenvalue weighted by molar-refractivity contribution is 5.99. The van der Waals surface area contributed by atoms with Crippen LogP contribution in [0, 0.1) is 6.92 Å². The number of fused-ring (bicyclic) bond motifs is 2. The number of imidazole rings is 1. The molecule has 6 rings (SSSR count). The molecule has 0 saturated heterocycles. The summed E-state index contributed by atoms with van der Waals surface area (Å²) in [5.74, 6) is 0.939. The van der Waals surface area contributed by atoms with Crippen LogP contribution in [-0.4, -0.2) is 39.7 Å². The summed E-state index contributed by atoms with van der Waals surface area (Å²) in [6.45, 7) is 1.98. The van der Waals surface area contributed by atoms with E-state index in [4.69, 9.17) is 4.98 Å². The zero-order valence-corrected chi connectivity index (χ0v) is 17.0. The molecule has 6 heterocycles. The van der Waals surface area contributed by atoms with Crippen LogP contribution >= 0.6 is 0 Å². The van der Waals surface area contributed by atoms with E-state index in [2.05, 4.69) is 36.2 Å². The summed E-state index contributed by atoms with van der Waals surface area (Å²) in [4.78, 5) is 21.6. The van der Waals surface area contributed by atoms with Gasteiger partial charge >= 0.3 is 0 Å². The molecule has 0 aromatic carbocycles. The minimum Gasteiger partial charge on any atom is -0.352 e. The molecule has 2 N–H and O–H groups in total. The Labute approximate surface area is 177 Å². The third kappa shape index (κ3) is 2.72. The number of nitrogens with zero attached hydrogens (tertiary/aromatic N) is 6. The number of pyridine rings is 3. The van der Waals surface area contributed by atoms with E-state index >= 15 is 0 Å². The standard InChI is InChI=1S/C23H18N8/c1-13-26-12-21(31(13)2)17-6-7-18-22(28-17)23(30-29-18)19-9-14-15(10-24-11-20(14)27-19)16-5-3-4-8-25-16/h3-12,27H,1-2H3,(H,29,30). The first-order valence-corrected chi connectivity index (χ1v) is 9.91. The number of aromatic amines is 2. The van der Waals surface area contributed by atoms with Gasteiger partial charge in [-0.3, -0.25) is 15.1 Å². The molecule has 31 heavy (non-hydrogen) atoms. The maximum absolute atomic E-state index is 4.90. The Hall–Kier alpha value is -4.33. The monoisotopic (exact) mass is 406 g/mol. The van der Waals surface area contributed by atoms with Crippen molar-refractivity contribution in [2.45, 2.75) is 6.92 Å². The van der Waals surface area contributed by atoms with Crippen molar-refractivity contribution in [2.75, 3.05) is 0 Å². The molecule has 0 spiro atoms. The highest BCUT2D eigenvalue weighted by Crippen LogP contribution is 2.33.